The molecule has 1 aliphatic rings. The Labute approximate surface area is 102 Å². The van der Waals surface area contributed by atoms with E-state index < -0.39 is 0 Å². The number of anilines is 1. The molecule has 2 unspecified atom stereocenters. The van der Waals surface area contributed by atoms with Gasteiger partial charge >= 0.3 is 0 Å². The number of hydrogen-bond donors (Lipinski definition) is 2. The van der Waals surface area contributed by atoms with Crippen molar-refractivity contribution < 1.29 is 4.74 Å². The molecule has 2 N–H and O–H groups in total. The number of nitrogens with one attached hydrogen (secondary N) is 2. The molecule has 0 spiro atoms. The smallest absolute Gasteiger partial charge is 0.223 e. The average Bonchev–Trinajstić information content (AvgIpc) is 2.40. The minimum absolute atomic E-state index is 0.385. The first kappa shape index (κ1) is 12.1. The van der Waals surface area contributed by atoms with Crippen LogP contribution in [0.15, 0.2) is 12.4 Å². The van der Waals surface area contributed by atoms with E-state index in [1.165, 1.54) is 12.8 Å². The molecular weight excluding hydrogens is 216 g/mol. The van der Waals surface area contributed by atoms with Gasteiger partial charge in [-0.25, -0.2) is 9.97 Å². The summed E-state index contributed by atoms with van der Waals surface area (Å²) in [6.07, 6.45) is 5.87. The van der Waals surface area contributed by atoms with Crippen LogP contribution in [0.25, 0.3) is 0 Å². The van der Waals surface area contributed by atoms with Crippen molar-refractivity contribution in [1.29, 1.82) is 0 Å². The van der Waals surface area contributed by atoms with Crippen molar-refractivity contribution >= 4 is 5.95 Å². The third-order valence-corrected chi connectivity index (χ3v) is 3.26. The topological polar surface area (TPSA) is 59.1 Å². The van der Waals surface area contributed by atoms with Gasteiger partial charge in [0.15, 0.2) is 5.75 Å². The Morgan fingerprint density at radius 3 is 2.82 bits per heavy atom. The summed E-state index contributed by atoms with van der Waals surface area (Å²) in [6.45, 7) is 4.40. The van der Waals surface area contributed by atoms with Crippen molar-refractivity contribution in [2.24, 2.45) is 5.92 Å². The van der Waals surface area contributed by atoms with Gasteiger partial charge < -0.3 is 15.4 Å². The van der Waals surface area contributed by atoms with Crippen molar-refractivity contribution in [3.05, 3.63) is 12.4 Å². The lowest BCUT2D eigenvalue weighted by Gasteiger charge is -2.28. The molecule has 94 valence electrons. The number of nitrogens with zero attached hydrogens (tertiary/aromatic N) is 2. The molecule has 2 rings (SSSR count). The van der Waals surface area contributed by atoms with Gasteiger partial charge in [0.1, 0.15) is 0 Å². The first-order chi connectivity index (χ1) is 8.29. The number of rotatable bonds is 4. The second-order valence-electron chi connectivity index (χ2n) is 4.49. The zero-order valence-electron chi connectivity index (χ0n) is 10.4. The lowest BCUT2D eigenvalue weighted by molar-refractivity contribution is 0.346. The minimum Gasteiger partial charge on any atom is -0.494 e. The van der Waals surface area contributed by atoms with Crippen LogP contribution in [0.3, 0.4) is 0 Å². The molecule has 0 aromatic carbocycles. The van der Waals surface area contributed by atoms with Crippen molar-refractivity contribution in [2.75, 3.05) is 25.5 Å². The van der Waals surface area contributed by atoms with E-state index in [1.54, 1.807) is 19.5 Å². The van der Waals surface area contributed by atoms with E-state index in [1.807, 2.05) is 0 Å². The van der Waals surface area contributed by atoms with Gasteiger partial charge in [-0.15, -0.1) is 0 Å². The highest BCUT2D eigenvalue weighted by Crippen LogP contribution is 2.17. The van der Waals surface area contributed by atoms with Crippen LogP contribution in [0.5, 0.6) is 5.75 Å². The molecule has 0 amide bonds. The average molecular weight is 236 g/mol. The summed E-state index contributed by atoms with van der Waals surface area (Å²) in [5.74, 6) is 2.00. The molecule has 1 aliphatic heterocycles. The fourth-order valence-electron chi connectivity index (χ4n) is 2.12. The van der Waals surface area contributed by atoms with Crippen LogP contribution in [0, 0.1) is 5.92 Å². The Bertz CT molecular complexity index is 335. The number of ether oxygens (including phenoxy) is 1. The molecule has 2 heterocycles. The van der Waals surface area contributed by atoms with Crippen molar-refractivity contribution in [1.82, 2.24) is 15.3 Å². The Kier molecular flexibility index (Phi) is 4.14. The molecule has 0 saturated carbocycles. The largest absolute Gasteiger partial charge is 0.494 e. The number of methoxy groups -OCH3 is 1. The monoisotopic (exact) mass is 236 g/mol. The Morgan fingerprint density at radius 1 is 1.47 bits per heavy atom. The van der Waals surface area contributed by atoms with E-state index in [4.69, 9.17) is 4.74 Å². The lowest BCUT2D eigenvalue weighted by Crippen LogP contribution is -2.39. The van der Waals surface area contributed by atoms with Gasteiger partial charge in [0.25, 0.3) is 0 Å². The van der Waals surface area contributed by atoms with Crippen molar-refractivity contribution in [2.45, 2.75) is 25.8 Å². The van der Waals surface area contributed by atoms with E-state index in [-0.39, 0.29) is 0 Å². The Morgan fingerprint density at radius 2 is 2.24 bits per heavy atom. The van der Waals surface area contributed by atoms with E-state index in [9.17, 15) is 0 Å². The Balaban J connectivity index is 1.89. The molecule has 0 bridgehead atoms. The van der Waals surface area contributed by atoms with Crippen LogP contribution < -0.4 is 15.4 Å². The minimum atomic E-state index is 0.385. The number of aromatic nitrogens is 2. The molecular formula is C12H20N4O. The lowest BCUT2D eigenvalue weighted by atomic mass is 9.93. The molecule has 1 fully saturated rings. The molecule has 17 heavy (non-hydrogen) atoms. The first-order valence-corrected chi connectivity index (χ1v) is 6.13. The second-order valence-corrected chi connectivity index (χ2v) is 4.49. The second kappa shape index (κ2) is 5.82. The maximum atomic E-state index is 5.03. The molecule has 1 aromatic heterocycles. The van der Waals surface area contributed by atoms with Gasteiger partial charge in [-0.3, -0.25) is 0 Å². The molecule has 0 aliphatic carbocycles. The van der Waals surface area contributed by atoms with Crippen LogP contribution in [0.2, 0.25) is 0 Å². The standard InChI is InChI=1S/C12H20N4O/c1-9(10-4-3-5-13-6-10)16-12-14-7-11(17-2)8-15-12/h7-10,13H,3-6H2,1-2H3,(H,14,15,16). The summed E-state index contributed by atoms with van der Waals surface area (Å²) < 4.78 is 5.03. The van der Waals surface area contributed by atoms with E-state index in [0.29, 0.717) is 23.7 Å². The molecule has 5 nitrogen and oxygen atoms in total. The van der Waals surface area contributed by atoms with Gasteiger partial charge in [-0.05, 0) is 38.8 Å². The zero-order chi connectivity index (χ0) is 12.1. The van der Waals surface area contributed by atoms with E-state index in [2.05, 4.69) is 27.5 Å². The fraction of sp³-hybridized carbons (Fsp3) is 0.667. The summed E-state index contributed by atoms with van der Waals surface area (Å²) in [5.41, 5.74) is 0. The molecule has 2 atom stereocenters. The zero-order valence-corrected chi connectivity index (χ0v) is 10.4. The summed E-state index contributed by atoms with van der Waals surface area (Å²) in [6, 6.07) is 0.385. The maximum absolute atomic E-state index is 5.03. The third-order valence-electron chi connectivity index (χ3n) is 3.26. The number of hydrogen-bond acceptors (Lipinski definition) is 5. The SMILES string of the molecule is COc1cnc(NC(C)C2CCCNC2)nc1. The highest BCUT2D eigenvalue weighted by atomic mass is 16.5. The summed E-state index contributed by atoms with van der Waals surface area (Å²) in [4.78, 5) is 8.43. The molecule has 5 heteroatoms. The molecule has 1 saturated heterocycles. The van der Waals surface area contributed by atoms with Crippen LogP contribution >= 0.6 is 0 Å². The van der Waals surface area contributed by atoms with Crippen LogP contribution in [0.4, 0.5) is 5.95 Å². The normalized spacial score (nSPS) is 21.9. The Hall–Kier alpha value is -1.36. The van der Waals surface area contributed by atoms with Gasteiger partial charge in [0.05, 0.1) is 19.5 Å². The highest BCUT2D eigenvalue weighted by Gasteiger charge is 2.20. The predicted octanol–water partition coefficient (Wildman–Crippen LogP) is 1.29. The summed E-state index contributed by atoms with van der Waals surface area (Å²) in [7, 11) is 1.61. The van der Waals surface area contributed by atoms with Gasteiger partial charge in [0, 0.05) is 6.04 Å². The van der Waals surface area contributed by atoms with Crippen LogP contribution in [-0.2, 0) is 0 Å². The van der Waals surface area contributed by atoms with E-state index in [0.717, 1.165) is 13.1 Å². The first-order valence-electron chi connectivity index (χ1n) is 6.13. The van der Waals surface area contributed by atoms with Crippen LogP contribution in [-0.4, -0.2) is 36.2 Å². The fourth-order valence-corrected chi connectivity index (χ4v) is 2.12. The summed E-state index contributed by atoms with van der Waals surface area (Å²) in [5, 5.41) is 6.76. The van der Waals surface area contributed by atoms with Crippen molar-refractivity contribution in [3.8, 4) is 5.75 Å². The summed E-state index contributed by atoms with van der Waals surface area (Å²) >= 11 is 0. The van der Waals surface area contributed by atoms with E-state index >= 15 is 0 Å². The molecule has 1 aromatic rings. The number of piperidine rings is 1. The maximum Gasteiger partial charge on any atom is 0.223 e. The van der Waals surface area contributed by atoms with Gasteiger partial charge in [-0.1, -0.05) is 0 Å². The van der Waals surface area contributed by atoms with Crippen molar-refractivity contribution in [3.63, 3.8) is 0 Å². The highest BCUT2D eigenvalue weighted by molar-refractivity contribution is 5.28. The van der Waals surface area contributed by atoms with Gasteiger partial charge in [-0.2, -0.15) is 0 Å². The van der Waals surface area contributed by atoms with Gasteiger partial charge in [0.2, 0.25) is 5.95 Å². The third kappa shape index (κ3) is 3.30. The van der Waals surface area contributed by atoms with Crippen LogP contribution in [0.1, 0.15) is 19.8 Å². The quantitative estimate of drug-likeness (QED) is 0.825. The molecule has 0 radical (unpaired) electrons. The predicted molar refractivity (Wildman–Crippen MR) is 67.3 cm³/mol.